The number of aromatic hydroxyl groups is 2. The van der Waals surface area contributed by atoms with E-state index in [0.29, 0.717) is 5.52 Å². The van der Waals surface area contributed by atoms with Gasteiger partial charge in [-0.3, -0.25) is 0 Å². The van der Waals surface area contributed by atoms with Crippen molar-refractivity contribution in [3.05, 3.63) is 24.4 Å². The van der Waals surface area contributed by atoms with Gasteiger partial charge in [-0.2, -0.15) is 0 Å². The Morgan fingerprint density at radius 1 is 1.25 bits per heavy atom. The fourth-order valence-electron chi connectivity index (χ4n) is 0.965. The van der Waals surface area contributed by atoms with E-state index in [1.807, 2.05) is 0 Å². The van der Waals surface area contributed by atoms with Crippen LogP contribution >= 0.6 is 0 Å². The van der Waals surface area contributed by atoms with Gasteiger partial charge in [0.2, 0.25) is 5.88 Å². The van der Waals surface area contributed by atoms with E-state index < -0.39 is 0 Å². The molecule has 0 saturated heterocycles. The summed E-state index contributed by atoms with van der Waals surface area (Å²) in [6, 6.07) is 4.81. The van der Waals surface area contributed by atoms with E-state index in [2.05, 4.69) is 16.2 Å². The van der Waals surface area contributed by atoms with Crippen molar-refractivity contribution in [2.24, 2.45) is 0 Å². The average molecular weight is 161 g/mol. The third-order valence-electron chi connectivity index (χ3n) is 1.49. The highest BCUT2D eigenvalue weighted by Crippen LogP contribution is 2.21. The maximum Gasteiger partial charge on any atom is 0.240 e. The molecule has 1 aromatic heterocycles. The number of hydrogen-bond acceptors (Lipinski definition) is 4. The number of aromatic nitrogens is 2. The Balaban J connectivity index is 2.88. The summed E-state index contributed by atoms with van der Waals surface area (Å²) in [5.41, 5.74) is 0.793. The van der Waals surface area contributed by atoms with Crippen LogP contribution in [0.5, 0.6) is 11.6 Å². The molecule has 0 saturated carbocycles. The highest BCUT2D eigenvalue weighted by molar-refractivity contribution is 5.80. The summed E-state index contributed by atoms with van der Waals surface area (Å²) in [6.07, 6.45) is 2.28. The van der Waals surface area contributed by atoms with Gasteiger partial charge in [-0.15, -0.1) is 0 Å². The van der Waals surface area contributed by atoms with E-state index in [-0.39, 0.29) is 17.1 Å². The highest BCUT2D eigenvalue weighted by Gasteiger charge is 2.02. The first-order valence-corrected chi connectivity index (χ1v) is 3.34. The number of nitrogens with zero attached hydrogens (tertiary/aromatic N) is 2. The second-order valence-corrected chi connectivity index (χ2v) is 2.30. The predicted octanol–water partition coefficient (Wildman–Crippen LogP) is 0.841. The molecular formula is C8H5N2O2. The molecule has 2 N–H and O–H groups in total. The molecule has 2 aromatic rings. The zero-order valence-corrected chi connectivity index (χ0v) is 6.02. The van der Waals surface area contributed by atoms with Gasteiger partial charge in [-0.25, -0.2) is 9.97 Å². The first kappa shape index (κ1) is 6.84. The molecule has 0 spiro atoms. The standard InChI is InChI=1S/C8H5N2O2/c11-6-3-1-2-5-8(6)10-7(12)4-9-5/h1-3,11H,(H,10,12). The minimum absolute atomic E-state index is 0.00398. The predicted molar refractivity (Wildman–Crippen MR) is 41.7 cm³/mol. The van der Waals surface area contributed by atoms with Gasteiger partial charge in [0.25, 0.3) is 0 Å². The molecule has 0 fully saturated rings. The van der Waals surface area contributed by atoms with Gasteiger partial charge in [-0.05, 0) is 12.1 Å². The molecule has 0 aliphatic rings. The lowest BCUT2D eigenvalue weighted by molar-refractivity contribution is 0.448. The summed E-state index contributed by atoms with van der Waals surface area (Å²) >= 11 is 0. The van der Waals surface area contributed by atoms with Crippen LogP contribution in [0.4, 0.5) is 0 Å². The van der Waals surface area contributed by atoms with E-state index >= 15 is 0 Å². The normalized spacial score (nSPS) is 10.3. The molecule has 4 heteroatoms. The first-order chi connectivity index (χ1) is 5.77. The maximum atomic E-state index is 9.27. The van der Waals surface area contributed by atoms with Crippen LogP contribution in [0.2, 0.25) is 0 Å². The van der Waals surface area contributed by atoms with Gasteiger partial charge < -0.3 is 10.2 Å². The van der Waals surface area contributed by atoms with Crippen LogP contribution in [0.3, 0.4) is 0 Å². The van der Waals surface area contributed by atoms with Crippen LogP contribution in [-0.4, -0.2) is 20.2 Å². The van der Waals surface area contributed by atoms with Crippen LogP contribution in [0.15, 0.2) is 18.2 Å². The molecule has 0 aliphatic carbocycles. The molecule has 0 unspecified atom stereocenters. The second kappa shape index (κ2) is 2.34. The van der Waals surface area contributed by atoms with Crippen molar-refractivity contribution < 1.29 is 10.2 Å². The molecule has 0 atom stereocenters. The average Bonchev–Trinajstić information content (AvgIpc) is 2.07. The van der Waals surface area contributed by atoms with Crippen molar-refractivity contribution >= 4 is 11.0 Å². The van der Waals surface area contributed by atoms with E-state index in [0.717, 1.165) is 0 Å². The summed E-state index contributed by atoms with van der Waals surface area (Å²) in [5, 5.41) is 18.2. The van der Waals surface area contributed by atoms with Crippen molar-refractivity contribution in [2.75, 3.05) is 0 Å². The molecule has 1 heterocycles. The van der Waals surface area contributed by atoms with Crippen LogP contribution in [0, 0.1) is 6.20 Å². The fourth-order valence-corrected chi connectivity index (χ4v) is 0.965. The molecule has 12 heavy (non-hydrogen) atoms. The van der Waals surface area contributed by atoms with Crippen LogP contribution in [0.25, 0.3) is 11.0 Å². The molecule has 4 nitrogen and oxygen atoms in total. The summed E-state index contributed by atoms with van der Waals surface area (Å²) in [7, 11) is 0. The Hall–Kier alpha value is -1.84. The minimum atomic E-state index is -0.316. The quantitative estimate of drug-likeness (QED) is 0.600. The van der Waals surface area contributed by atoms with Gasteiger partial charge in [-0.1, -0.05) is 6.07 Å². The zero-order chi connectivity index (χ0) is 8.55. The first-order valence-electron chi connectivity index (χ1n) is 3.34. The van der Waals surface area contributed by atoms with Crippen LogP contribution in [-0.2, 0) is 0 Å². The van der Waals surface area contributed by atoms with Gasteiger partial charge in [0.1, 0.15) is 11.3 Å². The topological polar surface area (TPSA) is 66.2 Å². The molecular weight excluding hydrogens is 156 g/mol. The highest BCUT2D eigenvalue weighted by atomic mass is 16.3. The van der Waals surface area contributed by atoms with Crippen LogP contribution in [0.1, 0.15) is 0 Å². The van der Waals surface area contributed by atoms with Crippen molar-refractivity contribution in [1.82, 2.24) is 9.97 Å². The van der Waals surface area contributed by atoms with Gasteiger partial charge >= 0.3 is 0 Å². The number of fused-ring (bicyclic) bond motifs is 1. The van der Waals surface area contributed by atoms with Crippen molar-refractivity contribution in [1.29, 1.82) is 0 Å². The van der Waals surface area contributed by atoms with E-state index in [4.69, 9.17) is 5.11 Å². The zero-order valence-electron chi connectivity index (χ0n) is 6.02. The number of phenolic OH excluding ortho intramolecular Hbond substituents is 1. The van der Waals surface area contributed by atoms with E-state index in [9.17, 15) is 5.11 Å². The summed E-state index contributed by atoms with van der Waals surface area (Å²) < 4.78 is 0. The van der Waals surface area contributed by atoms with Crippen molar-refractivity contribution in [3.63, 3.8) is 0 Å². The van der Waals surface area contributed by atoms with Crippen molar-refractivity contribution in [3.8, 4) is 11.6 Å². The third kappa shape index (κ3) is 0.934. The molecule has 1 radical (unpaired) electrons. The molecule has 2 rings (SSSR count). The Bertz CT molecular complexity index is 428. The molecule has 0 bridgehead atoms. The van der Waals surface area contributed by atoms with Crippen molar-refractivity contribution in [2.45, 2.75) is 0 Å². The SMILES string of the molecule is Oc1[c]nc2cccc(O)c2n1. The molecule has 59 valence electrons. The lowest BCUT2D eigenvalue weighted by Crippen LogP contribution is -1.83. The Kier molecular flexibility index (Phi) is 1.33. The fraction of sp³-hybridized carbons (Fsp3) is 0. The minimum Gasteiger partial charge on any atom is -0.506 e. The number of rotatable bonds is 0. The Morgan fingerprint density at radius 3 is 2.92 bits per heavy atom. The second-order valence-electron chi connectivity index (χ2n) is 2.30. The largest absolute Gasteiger partial charge is 0.506 e. The molecule has 1 aromatic carbocycles. The lowest BCUT2D eigenvalue weighted by atomic mass is 10.3. The monoisotopic (exact) mass is 161 g/mol. The summed E-state index contributed by atoms with van der Waals surface area (Å²) in [5.74, 6) is -0.312. The van der Waals surface area contributed by atoms with E-state index in [1.165, 1.54) is 6.07 Å². The Morgan fingerprint density at radius 2 is 2.08 bits per heavy atom. The summed E-state index contributed by atoms with van der Waals surface area (Å²) in [6.45, 7) is 0. The number of benzene rings is 1. The summed E-state index contributed by atoms with van der Waals surface area (Å²) in [4.78, 5) is 7.41. The third-order valence-corrected chi connectivity index (χ3v) is 1.49. The van der Waals surface area contributed by atoms with Crippen LogP contribution < -0.4 is 0 Å². The lowest BCUT2D eigenvalue weighted by Gasteiger charge is -1.97. The van der Waals surface area contributed by atoms with E-state index in [1.54, 1.807) is 12.1 Å². The molecule has 0 amide bonds. The number of hydrogen-bond donors (Lipinski definition) is 2. The number of phenols is 1. The smallest absolute Gasteiger partial charge is 0.240 e. The van der Waals surface area contributed by atoms with Gasteiger partial charge in [0.05, 0.1) is 5.52 Å². The maximum absolute atomic E-state index is 9.27. The number of para-hydroxylation sites is 1. The van der Waals surface area contributed by atoms with Gasteiger partial charge in [0, 0.05) is 0 Å². The molecule has 0 aliphatic heterocycles. The Labute approximate surface area is 68.1 Å². The van der Waals surface area contributed by atoms with Gasteiger partial charge in [0.15, 0.2) is 6.20 Å².